The molecule has 5 nitrogen and oxygen atoms in total. The van der Waals surface area contributed by atoms with Crippen molar-refractivity contribution in [1.82, 2.24) is 19.1 Å². The Bertz CT molecular complexity index is 3620. The molecule has 1 aliphatic heterocycles. The van der Waals surface area contributed by atoms with E-state index in [2.05, 4.69) is 227 Å². The van der Waals surface area contributed by atoms with Gasteiger partial charge in [0.1, 0.15) is 5.82 Å². The van der Waals surface area contributed by atoms with E-state index < -0.39 is 0 Å². The van der Waals surface area contributed by atoms with Crippen LogP contribution in [0.25, 0.3) is 89.5 Å². The zero-order valence-corrected chi connectivity index (χ0v) is 36.6. The molecule has 2 atom stereocenters. The summed E-state index contributed by atoms with van der Waals surface area (Å²) in [6.07, 6.45) is 11.6. The quantitative estimate of drug-likeness (QED) is 0.160. The molecule has 66 heavy (non-hydrogen) atoms. The summed E-state index contributed by atoms with van der Waals surface area (Å²) in [5.41, 5.74) is 18.4. The third-order valence-electron chi connectivity index (χ3n) is 14.0. The molecule has 314 valence electrons. The normalized spacial score (nSPS) is 16.3. The Morgan fingerprint density at radius 1 is 0.591 bits per heavy atom. The van der Waals surface area contributed by atoms with Gasteiger partial charge in [-0.1, -0.05) is 182 Å². The van der Waals surface area contributed by atoms with Gasteiger partial charge in [0.05, 0.1) is 28.3 Å². The van der Waals surface area contributed by atoms with Gasteiger partial charge in [0.15, 0.2) is 5.82 Å². The van der Waals surface area contributed by atoms with Gasteiger partial charge in [-0.05, 0) is 72.4 Å². The van der Waals surface area contributed by atoms with Crippen molar-refractivity contribution < 1.29 is 0 Å². The molecule has 0 spiro atoms. The molecule has 13 rings (SSSR count). The number of hydrogen-bond donors (Lipinski definition) is 0. The highest BCUT2D eigenvalue weighted by Crippen LogP contribution is 2.54. The van der Waals surface area contributed by atoms with Gasteiger partial charge in [0.2, 0.25) is 0 Å². The zero-order valence-electron chi connectivity index (χ0n) is 36.6. The topological polar surface area (TPSA) is 38.9 Å². The van der Waals surface area contributed by atoms with Crippen molar-refractivity contribution >= 4 is 67.3 Å². The lowest BCUT2D eigenvalue weighted by Gasteiger charge is -2.36. The highest BCUT2D eigenvalue weighted by Gasteiger charge is 2.45. The average molecular weight is 848 g/mol. The first kappa shape index (κ1) is 38.2. The number of nitrogens with zero attached hydrogens (tertiary/aromatic N) is 5. The molecule has 0 N–H and O–H groups in total. The maximum atomic E-state index is 5.58. The molecule has 0 bridgehead atoms. The second-order valence-corrected chi connectivity index (χ2v) is 17.8. The van der Waals surface area contributed by atoms with Crippen LogP contribution in [0, 0.1) is 0 Å². The number of aromatic nitrogens is 4. The SMILES string of the molecule is C=C(C)c1ccc(-c2nc(-c3ccc(-c4ccccc4)cc3)cc(N3c4ccccc4C4C=C(n5c6ccccc6c6ccccc65)C=C(n5c6c(c7ccccc75)C=CCC6)C43)n2)cc1. The van der Waals surface area contributed by atoms with E-state index in [1.165, 1.54) is 72.1 Å². The van der Waals surface area contributed by atoms with Gasteiger partial charge in [0, 0.05) is 67.6 Å². The summed E-state index contributed by atoms with van der Waals surface area (Å²) in [5.74, 6) is 1.53. The molecular formula is C61H45N5. The lowest BCUT2D eigenvalue weighted by Crippen LogP contribution is -2.36. The van der Waals surface area contributed by atoms with Crippen LogP contribution in [-0.4, -0.2) is 25.1 Å². The van der Waals surface area contributed by atoms with Crippen molar-refractivity contribution in [3.8, 4) is 33.8 Å². The van der Waals surface area contributed by atoms with Crippen LogP contribution in [0.5, 0.6) is 0 Å². The summed E-state index contributed by atoms with van der Waals surface area (Å²) in [4.78, 5) is 13.4. The third kappa shape index (κ3) is 6.00. The number of anilines is 2. The van der Waals surface area contributed by atoms with Crippen LogP contribution >= 0.6 is 0 Å². The first-order valence-corrected chi connectivity index (χ1v) is 23.0. The van der Waals surface area contributed by atoms with Crippen LogP contribution < -0.4 is 4.90 Å². The van der Waals surface area contributed by atoms with E-state index in [0.717, 1.165) is 52.3 Å². The van der Waals surface area contributed by atoms with Crippen LogP contribution in [0.4, 0.5) is 11.5 Å². The molecule has 2 unspecified atom stereocenters. The fourth-order valence-electron chi connectivity index (χ4n) is 10.9. The van der Waals surface area contributed by atoms with Crippen LogP contribution in [0.3, 0.4) is 0 Å². The maximum absolute atomic E-state index is 5.58. The highest BCUT2D eigenvalue weighted by molar-refractivity contribution is 6.11. The molecule has 10 aromatic rings. The van der Waals surface area contributed by atoms with Crippen molar-refractivity contribution in [2.24, 2.45) is 0 Å². The predicted octanol–water partition coefficient (Wildman–Crippen LogP) is 15.2. The first-order chi connectivity index (χ1) is 32.6. The Kier molecular flexibility index (Phi) is 8.78. The Hall–Kier alpha value is -8.28. The molecule has 2 aliphatic carbocycles. The monoisotopic (exact) mass is 847 g/mol. The largest absolute Gasteiger partial charge is 0.316 e. The van der Waals surface area contributed by atoms with Crippen LogP contribution in [0.15, 0.2) is 207 Å². The van der Waals surface area contributed by atoms with Gasteiger partial charge in [-0.25, -0.2) is 9.97 Å². The van der Waals surface area contributed by atoms with Crippen molar-refractivity contribution in [1.29, 1.82) is 0 Å². The predicted molar refractivity (Wildman–Crippen MR) is 275 cm³/mol. The standard InChI is InChI=1S/C61H45N5/c1-39(2)40-28-34-44(35-29-40)61-62-52(43-32-30-42(31-33-43)41-16-4-3-5-17-41)38-59(63-61)66-57-27-15-10-22-50(57)51-36-45(64-53-23-11-6-18-46(53)47-19-7-12-24-54(47)64)37-58(60(51)66)65-55-25-13-8-20-48(55)49-21-9-14-26-56(49)65/h3-13,15-25,27-38,51,60H,1,14,26H2,2H3. The maximum Gasteiger partial charge on any atom is 0.162 e. The van der Waals surface area contributed by atoms with Crippen molar-refractivity contribution in [2.75, 3.05) is 4.90 Å². The molecular weight excluding hydrogens is 803 g/mol. The number of benzene rings is 7. The van der Waals surface area contributed by atoms with Gasteiger partial charge < -0.3 is 14.0 Å². The second-order valence-electron chi connectivity index (χ2n) is 17.8. The summed E-state index contributed by atoms with van der Waals surface area (Å²) in [6.45, 7) is 6.25. The Labute approximate surface area is 384 Å². The number of fused-ring (bicyclic) bond motifs is 9. The van der Waals surface area contributed by atoms with Gasteiger partial charge in [-0.2, -0.15) is 0 Å². The molecule has 3 aliphatic rings. The van der Waals surface area contributed by atoms with Crippen molar-refractivity contribution in [2.45, 2.75) is 31.7 Å². The molecule has 7 aromatic carbocycles. The smallest absolute Gasteiger partial charge is 0.162 e. The second kappa shape index (κ2) is 15.2. The molecule has 0 saturated heterocycles. The highest BCUT2D eigenvalue weighted by atomic mass is 15.3. The lowest BCUT2D eigenvalue weighted by atomic mass is 9.87. The van der Waals surface area contributed by atoms with Gasteiger partial charge in [0.25, 0.3) is 0 Å². The van der Waals surface area contributed by atoms with Gasteiger partial charge in [-0.3, -0.25) is 0 Å². The van der Waals surface area contributed by atoms with Crippen molar-refractivity contribution in [3.05, 3.63) is 229 Å². The van der Waals surface area contributed by atoms with E-state index >= 15 is 0 Å². The van der Waals surface area contributed by atoms with Crippen molar-refractivity contribution in [3.63, 3.8) is 0 Å². The number of para-hydroxylation sites is 4. The van der Waals surface area contributed by atoms with E-state index in [1.54, 1.807) is 0 Å². The van der Waals surface area contributed by atoms with Crippen LogP contribution in [-0.2, 0) is 6.42 Å². The van der Waals surface area contributed by atoms with Gasteiger partial charge >= 0.3 is 0 Å². The molecule has 0 amide bonds. The third-order valence-corrected chi connectivity index (χ3v) is 14.0. The Morgan fingerprint density at radius 3 is 1.92 bits per heavy atom. The Balaban J connectivity index is 1.06. The minimum absolute atomic E-state index is 0.00561. The Morgan fingerprint density at radius 2 is 1.20 bits per heavy atom. The molecule has 5 heteroatoms. The molecule has 4 heterocycles. The number of rotatable bonds is 7. The van der Waals surface area contributed by atoms with Gasteiger partial charge in [-0.15, -0.1) is 0 Å². The van der Waals surface area contributed by atoms with Crippen LogP contribution in [0.1, 0.15) is 41.6 Å². The minimum atomic E-state index is -0.132. The first-order valence-electron chi connectivity index (χ1n) is 23.0. The van der Waals surface area contributed by atoms with E-state index in [4.69, 9.17) is 9.97 Å². The number of hydrogen-bond acceptors (Lipinski definition) is 3. The fraction of sp³-hybridized carbons (Fsp3) is 0.0820. The zero-order chi connectivity index (χ0) is 43.9. The van der Waals surface area contributed by atoms with E-state index in [0.29, 0.717) is 5.82 Å². The fourth-order valence-corrected chi connectivity index (χ4v) is 10.9. The van der Waals surface area contributed by atoms with E-state index in [9.17, 15) is 0 Å². The summed E-state index contributed by atoms with van der Waals surface area (Å²) in [7, 11) is 0. The lowest BCUT2D eigenvalue weighted by molar-refractivity contribution is 0.713. The van der Waals surface area contributed by atoms with E-state index in [1.807, 2.05) is 6.92 Å². The minimum Gasteiger partial charge on any atom is -0.316 e. The molecule has 0 fully saturated rings. The summed E-state index contributed by atoms with van der Waals surface area (Å²) < 4.78 is 5.09. The molecule has 3 aromatic heterocycles. The summed E-state index contributed by atoms with van der Waals surface area (Å²) >= 11 is 0. The number of allylic oxidation sites excluding steroid dienone is 4. The molecule has 0 saturated carbocycles. The van der Waals surface area contributed by atoms with E-state index in [-0.39, 0.29) is 12.0 Å². The summed E-state index contributed by atoms with van der Waals surface area (Å²) in [6, 6.07) is 65.5. The molecule has 0 radical (unpaired) electrons. The average Bonchev–Trinajstić information content (AvgIpc) is 4.02. The summed E-state index contributed by atoms with van der Waals surface area (Å²) in [5, 5.41) is 3.78. The van der Waals surface area contributed by atoms with Crippen LogP contribution in [0.2, 0.25) is 0 Å².